The van der Waals surface area contributed by atoms with Crippen molar-refractivity contribution in [1.82, 2.24) is 0 Å². The second kappa shape index (κ2) is 5.70. The van der Waals surface area contributed by atoms with Crippen molar-refractivity contribution < 1.29 is 49.0 Å². The highest BCUT2D eigenvalue weighted by Crippen LogP contribution is 2.42. The molecule has 1 rings (SSSR count). The first-order valence-electron chi connectivity index (χ1n) is 5.26. The Morgan fingerprint density at radius 1 is 1.00 bits per heavy atom. The number of nitrogens with two attached hydrogens (primary N) is 1. The number of halogens is 9. The van der Waals surface area contributed by atoms with E-state index in [0.29, 0.717) is 0 Å². The van der Waals surface area contributed by atoms with E-state index in [1.165, 1.54) is 0 Å². The summed E-state index contributed by atoms with van der Waals surface area (Å²) in [5.41, 5.74) is 0.816. The number of hydrogen-bond acceptors (Lipinski definition) is 3. The molecule has 1 aromatic carbocycles. The smallest absolute Gasteiger partial charge is 0.405 e. The van der Waals surface area contributed by atoms with Gasteiger partial charge >= 0.3 is 24.6 Å². The maximum Gasteiger partial charge on any atom is 0.573 e. The van der Waals surface area contributed by atoms with Crippen molar-refractivity contribution in [2.75, 3.05) is 11.1 Å². The van der Waals surface area contributed by atoms with Crippen LogP contribution in [0.15, 0.2) is 12.1 Å². The highest BCUT2D eigenvalue weighted by atomic mass is 19.4. The largest absolute Gasteiger partial charge is 0.573 e. The fourth-order valence-corrected chi connectivity index (χ4v) is 1.33. The molecule has 0 unspecified atom stereocenters. The Balaban J connectivity index is 3.35. The Bertz CT molecular complexity index is 604. The number of rotatable bonds is 2. The lowest BCUT2D eigenvalue weighted by molar-refractivity contribution is -0.276. The molecule has 1 aromatic rings. The second-order valence-corrected chi connectivity index (χ2v) is 3.93. The Morgan fingerprint density at radius 2 is 1.52 bits per heavy atom. The summed E-state index contributed by atoms with van der Waals surface area (Å²) in [4.78, 5) is 10.7. The van der Waals surface area contributed by atoms with E-state index in [9.17, 15) is 44.3 Å². The predicted octanol–water partition coefficient (Wildman–Crippen LogP) is 3.69. The van der Waals surface area contributed by atoms with Gasteiger partial charge in [-0.15, -0.1) is 13.2 Å². The molecule has 0 saturated carbocycles. The lowest BCUT2D eigenvalue weighted by Crippen LogP contribution is -2.30. The Morgan fingerprint density at radius 3 is 1.91 bits per heavy atom. The van der Waals surface area contributed by atoms with Gasteiger partial charge in [-0.25, -0.2) is 0 Å². The van der Waals surface area contributed by atoms with E-state index in [0.717, 1.165) is 5.32 Å². The highest BCUT2D eigenvalue weighted by molar-refractivity contribution is 5.97. The molecule has 0 atom stereocenters. The molecule has 0 spiro atoms. The third kappa shape index (κ3) is 5.10. The summed E-state index contributed by atoms with van der Waals surface area (Å²) in [6, 6.07) is -0.192. The van der Waals surface area contributed by atoms with Gasteiger partial charge in [-0.05, 0) is 6.07 Å². The number of alkyl halides is 9. The lowest BCUT2D eigenvalue weighted by atomic mass is 10.1. The fourth-order valence-electron chi connectivity index (χ4n) is 1.33. The maximum atomic E-state index is 12.7. The van der Waals surface area contributed by atoms with Crippen LogP contribution in [0.5, 0.6) is 5.75 Å². The van der Waals surface area contributed by atoms with Gasteiger partial charge < -0.3 is 15.8 Å². The minimum absolute atomic E-state index is 0.00228. The van der Waals surface area contributed by atoms with E-state index < -0.39 is 47.3 Å². The molecule has 0 heterocycles. The van der Waals surface area contributed by atoms with Gasteiger partial charge in [0, 0.05) is 6.07 Å². The van der Waals surface area contributed by atoms with E-state index in [1.807, 2.05) is 0 Å². The number of hydrogen-bond donors (Lipinski definition) is 2. The van der Waals surface area contributed by atoms with Crippen LogP contribution in [0.4, 0.5) is 50.9 Å². The van der Waals surface area contributed by atoms with Gasteiger partial charge in [0.05, 0.1) is 11.4 Å². The van der Waals surface area contributed by atoms with Crippen LogP contribution >= 0.6 is 0 Å². The van der Waals surface area contributed by atoms with Crippen LogP contribution in [0.2, 0.25) is 0 Å². The highest BCUT2D eigenvalue weighted by Gasteiger charge is 2.42. The molecule has 0 fully saturated rings. The standard InChI is InChI=1S/C10H5F9N2O2/c11-8(12,13)3-1-5(21-7(22)9(14,15)16)4(20)2-6(3)23-10(17,18)19/h1-2H,20H2,(H,21,22). The van der Waals surface area contributed by atoms with Crippen molar-refractivity contribution in [2.24, 2.45) is 0 Å². The Labute approximate surface area is 121 Å². The lowest BCUT2D eigenvalue weighted by Gasteiger charge is -2.18. The van der Waals surface area contributed by atoms with Gasteiger partial charge in [0.15, 0.2) is 0 Å². The summed E-state index contributed by atoms with van der Waals surface area (Å²) in [6.45, 7) is 0. The summed E-state index contributed by atoms with van der Waals surface area (Å²) in [6.07, 6.45) is -16.3. The zero-order valence-corrected chi connectivity index (χ0v) is 10.5. The van der Waals surface area contributed by atoms with E-state index in [1.54, 1.807) is 0 Å². The minimum Gasteiger partial charge on any atom is -0.405 e. The van der Waals surface area contributed by atoms with Crippen molar-refractivity contribution >= 4 is 17.3 Å². The third-order valence-corrected chi connectivity index (χ3v) is 2.19. The van der Waals surface area contributed by atoms with E-state index in [2.05, 4.69) is 4.74 Å². The van der Waals surface area contributed by atoms with Crippen molar-refractivity contribution in [3.05, 3.63) is 17.7 Å². The molecule has 0 aromatic heterocycles. The number of ether oxygens (including phenoxy) is 1. The van der Waals surface area contributed by atoms with Crippen LogP contribution in [0.3, 0.4) is 0 Å². The number of benzene rings is 1. The Hall–Kier alpha value is -2.34. The van der Waals surface area contributed by atoms with Gasteiger partial charge in [-0.2, -0.15) is 26.3 Å². The third-order valence-electron chi connectivity index (χ3n) is 2.19. The van der Waals surface area contributed by atoms with Crippen LogP contribution in [-0.2, 0) is 11.0 Å². The van der Waals surface area contributed by atoms with E-state index >= 15 is 0 Å². The van der Waals surface area contributed by atoms with Crippen LogP contribution in [0.25, 0.3) is 0 Å². The molecule has 0 aliphatic rings. The molecule has 1 amide bonds. The molecular weight excluding hydrogens is 351 g/mol. The maximum absolute atomic E-state index is 12.7. The first kappa shape index (κ1) is 18.7. The van der Waals surface area contributed by atoms with Crippen LogP contribution in [0.1, 0.15) is 5.56 Å². The topological polar surface area (TPSA) is 64.3 Å². The molecule has 0 radical (unpaired) electrons. The normalized spacial score (nSPS) is 12.9. The molecule has 0 saturated heterocycles. The summed E-state index contributed by atoms with van der Waals surface area (Å²) >= 11 is 0. The molecule has 23 heavy (non-hydrogen) atoms. The van der Waals surface area contributed by atoms with Gasteiger partial charge in [-0.3, -0.25) is 4.79 Å². The summed E-state index contributed by atoms with van der Waals surface area (Å²) < 4.78 is 114. The van der Waals surface area contributed by atoms with Crippen LogP contribution in [-0.4, -0.2) is 18.4 Å². The molecule has 13 heteroatoms. The number of carbonyl (C=O) groups excluding carboxylic acids is 1. The quantitative estimate of drug-likeness (QED) is 0.628. The average molecular weight is 356 g/mol. The molecule has 130 valence electrons. The number of anilines is 2. The van der Waals surface area contributed by atoms with E-state index in [-0.39, 0.29) is 12.1 Å². The molecule has 3 N–H and O–H groups in total. The zero-order valence-electron chi connectivity index (χ0n) is 10.5. The molecule has 0 aliphatic heterocycles. The first-order chi connectivity index (χ1) is 10.1. The van der Waals surface area contributed by atoms with Crippen LogP contribution < -0.4 is 15.8 Å². The summed E-state index contributed by atoms with van der Waals surface area (Å²) in [5.74, 6) is -4.42. The molecule has 0 aliphatic carbocycles. The second-order valence-electron chi connectivity index (χ2n) is 3.93. The van der Waals surface area contributed by atoms with Crippen molar-refractivity contribution in [2.45, 2.75) is 18.7 Å². The monoisotopic (exact) mass is 356 g/mol. The van der Waals surface area contributed by atoms with Gasteiger partial charge in [-0.1, -0.05) is 0 Å². The fraction of sp³-hybridized carbons (Fsp3) is 0.300. The summed E-state index contributed by atoms with van der Waals surface area (Å²) in [5, 5.41) is 1.03. The average Bonchev–Trinajstić information content (AvgIpc) is 2.27. The molecular formula is C10H5F9N2O2. The van der Waals surface area contributed by atoms with Gasteiger partial charge in [0.2, 0.25) is 0 Å². The predicted molar refractivity (Wildman–Crippen MR) is 57.2 cm³/mol. The first-order valence-corrected chi connectivity index (χ1v) is 5.26. The van der Waals surface area contributed by atoms with Crippen LogP contribution in [0, 0.1) is 0 Å². The number of amides is 1. The zero-order chi connectivity index (χ0) is 18.2. The van der Waals surface area contributed by atoms with Gasteiger partial charge in [0.25, 0.3) is 0 Å². The molecule has 4 nitrogen and oxygen atoms in total. The number of carbonyl (C=O) groups is 1. The molecule has 0 bridgehead atoms. The number of nitrogen functional groups attached to an aromatic ring is 1. The van der Waals surface area contributed by atoms with Crippen molar-refractivity contribution in [1.29, 1.82) is 0 Å². The van der Waals surface area contributed by atoms with E-state index in [4.69, 9.17) is 5.73 Å². The van der Waals surface area contributed by atoms with Gasteiger partial charge in [0.1, 0.15) is 11.3 Å². The Kier molecular flexibility index (Phi) is 4.64. The minimum atomic E-state index is -5.50. The van der Waals surface area contributed by atoms with Crippen molar-refractivity contribution in [3.63, 3.8) is 0 Å². The summed E-state index contributed by atoms with van der Waals surface area (Å²) in [7, 11) is 0. The van der Waals surface area contributed by atoms with Crippen molar-refractivity contribution in [3.8, 4) is 5.75 Å². The number of nitrogens with one attached hydrogen (secondary N) is 1. The SMILES string of the molecule is Nc1cc(OC(F)(F)F)c(C(F)(F)F)cc1NC(=O)C(F)(F)F.